The van der Waals surface area contributed by atoms with Crippen molar-refractivity contribution in [2.45, 2.75) is 31.3 Å². The van der Waals surface area contributed by atoms with Gasteiger partial charge in [-0.25, -0.2) is 8.42 Å². The van der Waals surface area contributed by atoms with E-state index in [1.54, 1.807) is 55.6 Å². The molecule has 8 heteroatoms. The molecule has 0 bridgehead atoms. The van der Waals surface area contributed by atoms with Crippen LogP contribution in [0.5, 0.6) is 5.75 Å². The summed E-state index contributed by atoms with van der Waals surface area (Å²) in [4.78, 5) is 13.1. The zero-order valence-electron chi connectivity index (χ0n) is 18.8. The molecule has 0 spiro atoms. The molecule has 0 aliphatic rings. The standard InChI is InChI=1S/C25H27ClN2O4S/c1-18-11-13-22(14-12-18)33(30,31)28(16-20-7-6-8-21(26)15-20)17-25(29)27-19(2)23-9-4-5-10-24(23)32-3/h4-15,19H,16-17H2,1-3H3,(H,27,29)/t19-/m1/s1. The van der Waals surface area contributed by atoms with E-state index in [2.05, 4.69) is 5.32 Å². The Morgan fingerprint density at radius 1 is 1.06 bits per heavy atom. The maximum Gasteiger partial charge on any atom is 0.243 e. The number of rotatable bonds is 9. The number of hydrogen-bond donors (Lipinski definition) is 1. The highest BCUT2D eigenvalue weighted by Crippen LogP contribution is 2.25. The molecule has 1 amide bonds. The predicted molar refractivity (Wildman–Crippen MR) is 130 cm³/mol. The van der Waals surface area contributed by atoms with Crippen molar-refractivity contribution in [3.63, 3.8) is 0 Å². The van der Waals surface area contributed by atoms with Gasteiger partial charge >= 0.3 is 0 Å². The van der Waals surface area contributed by atoms with E-state index < -0.39 is 15.9 Å². The number of nitrogens with one attached hydrogen (secondary N) is 1. The first kappa shape index (κ1) is 24.8. The molecule has 0 aromatic heterocycles. The van der Waals surface area contributed by atoms with Gasteiger partial charge in [0.1, 0.15) is 5.75 Å². The average Bonchev–Trinajstić information content (AvgIpc) is 2.79. The van der Waals surface area contributed by atoms with Crippen molar-refractivity contribution >= 4 is 27.5 Å². The molecule has 33 heavy (non-hydrogen) atoms. The number of sulfonamides is 1. The summed E-state index contributed by atoms with van der Waals surface area (Å²) in [7, 11) is -2.37. The average molecular weight is 487 g/mol. The van der Waals surface area contributed by atoms with Gasteiger partial charge in [-0.05, 0) is 49.7 Å². The number of benzene rings is 3. The highest BCUT2D eigenvalue weighted by atomic mass is 35.5. The molecule has 3 aromatic rings. The predicted octanol–water partition coefficient (Wildman–Crippen LogP) is 4.73. The molecule has 1 atom stereocenters. The molecule has 6 nitrogen and oxygen atoms in total. The van der Waals surface area contributed by atoms with E-state index in [4.69, 9.17) is 16.3 Å². The Bertz CT molecular complexity index is 1210. The van der Waals surface area contributed by atoms with Crippen LogP contribution in [0.1, 0.15) is 29.7 Å². The number of carbonyl (C=O) groups excluding carboxylic acids is 1. The van der Waals surface area contributed by atoms with Crippen LogP contribution in [-0.4, -0.2) is 32.3 Å². The van der Waals surface area contributed by atoms with E-state index in [0.29, 0.717) is 16.3 Å². The van der Waals surface area contributed by atoms with Crippen LogP contribution in [0, 0.1) is 6.92 Å². The topological polar surface area (TPSA) is 75.7 Å². The number of aryl methyl sites for hydroxylation is 1. The Morgan fingerprint density at radius 3 is 2.42 bits per heavy atom. The highest BCUT2D eigenvalue weighted by molar-refractivity contribution is 7.89. The van der Waals surface area contributed by atoms with Gasteiger partial charge in [-0.1, -0.05) is 59.6 Å². The van der Waals surface area contributed by atoms with E-state index in [9.17, 15) is 13.2 Å². The number of para-hydroxylation sites is 1. The summed E-state index contributed by atoms with van der Waals surface area (Å²) in [5.41, 5.74) is 2.43. The summed E-state index contributed by atoms with van der Waals surface area (Å²) >= 11 is 6.09. The smallest absolute Gasteiger partial charge is 0.243 e. The molecular weight excluding hydrogens is 460 g/mol. The van der Waals surface area contributed by atoms with Crippen molar-refractivity contribution < 1.29 is 17.9 Å². The van der Waals surface area contributed by atoms with Crippen LogP contribution in [-0.2, 0) is 21.4 Å². The molecule has 3 aromatic carbocycles. The summed E-state index contributed by atoms with van der Waals surface area (Å²) in [5.74, 6) is 0.222. The summed E-state index contributed by atoms with van der Waals surface area (Å²) in [5, 5.41) is 3.37. The van der Waals surface area contributed by atoms with Crippen molar-refractivity contribution in [3.8, 4) is 5.75 Å². The molecule has 1 N–H and O–H groups in total. The molecule has 0 saturated carbocycles. The van der Waals surface area contributed by atoms with Crippen molar-refractivity contribution in [3.05, 3.63) is 94.5 Å². The van der Waals surface area contributed by atoms with E-state index >= 15 is 0 Å². The Morgan fingerprint density at radius 2 is 1.76 bits per heavy atom. The fourth-order valence-electron chi connectivity index (χ4n) is 3.47. The molecule has 0 heterocycles. The third-order valence-electron chi connectivity index (χ3n) is 5.21. The lowest BCUT2D eigenvalue weighted by molar-refractivity contribution is -0.122. The summed E-state index contributed by atoms with van der Waals surface area (Å²) in [6.07, 6.45) is 0. The number of halogens is 1. The normalized spacial score (nSPS) is 12.4. The van der Waals surface area contributed by atoms with Crippen molar-refractivity contribution in [1.29, 1.82) is 0 Å². The van der Waals surface area contributed by atoms with Gasteiger partial charge in [0.25, 0.3) is 0 Å². The van der Waals surface area contributed by atoms with Gasteiger partial charge in [0.2, 0.25) is 15.9 Å². The number of hydrogen-bond acceptors (Lipinski definition) is 4. The first-order chi connectivity index (χ1) is 15.7. The monoisotopic (exact) mass is 486 g/mol. The number of methoxy groups -OCH3 is 1. The zero-order valence-corrected chi connectivity index (χ0v) is 20.4. The Kier molecular flexibility index (Phi) is 8.13. The third-order valence-corrected chi connectivity index (χ3v) is 7.25. The van der Waals surface area contributed by atoms with Crippen molar-refractivity contribution in [2.24, 2.45) is 0 Å². The Labute approximate surface area is 200 Å². The third kappa shape index (κ3) is 6.35. The molecule has 0 unspecified atom stereocenters. The van der Waals surface area contributed by atoms with Gasteiger partial charge in [-0.2, -0.15) is 4.31 Å². The molecule has 0 aliphatic heterocycles. The van der Waals surface area contributed by atoms with Crippen LogP contribution in [0.4, 0.5) is 0 Å². The molecule has 0 aliphatic carbocycles. The highest BCUT2D eigenvalue weighted by Gasteiger charge is 2.27. The minimum absolute atomic E-state index is 0.00717. The van der Waals surface area contributed by atoms with Crippen molar-refractivity contribution in [1.82, 2.24) is 9.62 Å². The molecule has 0 saturated heterocycles. The summed E-state index contributed by atoms with van der Waals surface area (Å²) in [6.45, 7) is 3.37. The van der Waals surface area contributed by atoms with E-state index in [-0.39, 0.29) is 24.0 Å². The van der Waals surface area contributed by atoms with E-state index in [1.807, 2.05) is 38.1 Å². The summed E-state index contributed by atoms with van der Waals surface area (Å²) in [6, 6.07) is 20.5. The van der Waals surface area contributed by atoms with Crippen LogP contribution < -0.4 is 10.1 Å². The number of amides is 1. The largest absolute Gasteiger partial charge is 0.496 e. The fourth-order valence-corrected chi connectivity index (χ4v) is 5.07. The molecule has 174 valence electrons. The van der Waals surface area contributed by atoms with Gasteiger partial charge in [-0.15, -0.1) is 0 Å². The Balaban J connectivity index is 1.85. The lowest BCUT2D eigenvalue weighted by atomic mass is 10.1. The van der Waals surface area contributed by atoms with Crippen LogP contribution in [0.15, 0.2) is 77.7 Å². The van der Waals surface area contributed by atoms with Crippen LogP contribution >= 0.6 is 11.6 Å². The second-order valence-corrected chi connectivity index (χ2v) is 10.1. The first-order valence-corrected chi connectivity index (χ1v) is 12.3. The number of ether oxygens (including phenoxy) is 1. The SMILES string of the molecule is COc1ccccc1[C@@H](C)NC(=O)CN(Cc1cccc(Cl)c1)S(=O)(=O)c1ccc(C)cc1. The fraction of sp³-hybridized carbons (Fsp3) is 0.240. The number of nitrogens with zero attached hydrogens (tertiary/aromatic N) is 1. The molecule has 0 radical (unpaired) electrons. The lowest BCUT2D eigenvalue weighted by Crippen LogP contribution is -2.41. The minimum Gasteiger partial charge on any atom is -0.496 e. The second kappa shape index (κ2) is 10.8. The quantitative estimate of drug-likeness (QED) is 0.474. The number of carbonyl (C=O) groups is 1. The Hall–Kier alpha value is -2.87. The van der Waals surface area contributed by atoms with Gasteiger partial charge in [-0.3, -0.25) is 4.79 Å². The molecule has 3 rings (SSSR count). The van der Waals surface area contributed by atoms with E-state index in [0.717, 1.165) is 15.4 Å². The molecule has 0 fully saturated rings. The van der Waals surface area contributed by atoms with Crippen LogP contribution in [0.2, 0.25) is 5.02 Å². The minimum atomic E-state index is -3.93. The summed E-state index contributed by atoms with van der Waals surface area (Å²) < 4.78 is 33.4. The van der Waals surface area contributed by atoms with Gasteiger partial charge < -0.3 is 10.1 Å². The van der Waals surface area contributed by atoms with Gasteiger partial charge in [0.05, 0.1) is 24.6 Å². The van der Waals surface area contributed by atoms with Gasteiger partial charge in [0, 0.05) is 17.1 Å². The lowest BCUT2D eigenvalue weighted by Gasteiger charge is -2.24. The maximum atomic E-state index is 13.4. The zero-order chi connectivity index (χ0) is 24.0. The van der Waals surface area contributed by atoms with Crippen LogP contribution in [0.3, 0.4) is 0 Å². The second-order valence-electron chi connectivity index (χ2n) is 7.75. The molecular formula is C25H27ClN2O4S. The van der Waals surface area contributed by atoms with Crippen molar-refractivity contribution in [2.75, 3.05) is 13.7 Å². The van der Waals surface area contributed by atoms with E-state index in [1.165, 1.54) is 0 Å². The van der Waals surface area contributed by atoms with Gasteiger partial charge in [0.15, 0.2) is 0 Å². The van der Waals surface area contributed by atoms with Crippen LogP contribution in [0.25, 0.3) is 0 Å². The maximum absolute atomic E-state index is 13.4. The first-order valence-electron chi connectivity index (χ1n) is 10.4.